The predicted octanol–water partition coefficient (Wildman–Crippen LogP) is 2.82. The molecule has 0 amide bonds. The van der Waals surface area contributed by atoms with Gasteiger partial charge in [0.25, 0.3) is 0 Å². The minimum absolute atomic E-state index is 0.630. The Kier molecular flexibility index (Phi) is 5.45. The third-order valence-electron chi connectivity index (χ3n) is 4.97. The van der Waals surface area contributed by atoms with Crippen LogP contribution in [0, 0.1) is 12.3 Å². The summed E-state index contributed by atoms with van der Waals surface area (Å²) in [5.74, 6) is 3.59. The molecule has 2 fully saturated rings. The molecule has 1 aromatic heterocycles. The molecule has 0 saturated carbocycles. The summed E-state index contributed by atoms with van der Waals surface area (Å²) in [6.07, 6.45) is 11.0. The molecular weight excluding hydrogens is 296 g/mol. The van der Waals surface area contributed by atoms with Gasteiger partial charge in [-0.15, -0.1) is 11.5 Å². The average molecular weight is 320 g/mol. The second-order valence-corrected chi connectivity index (χ2v) is 6.35. The van der Waals surface area contributed by atoms with Gasteiger partial charge < -0.3 is 4.90 Å². The van der Waals surface area contributed by atoms with Crippen LogP contribution in [0.25, 0.3) is 0 Å². The van der Waals surface area contributed by atoms with Gasteiger partial charge in [-0.2, -0.15) is 5.10 Å². The van der Waals surface area contributed by atoms with Crippen molar-refractivity contribution >= 4 is 5.82 Å². The number of fused-ring (bicyclic) bond motifs is 2. The van der Waals surface area contributed by atoms with Crippen LogP contribution in [0.2, 0.25) is 0 Å². The van der Waals surface area contributed by atoms with E-state index in [9.17, 15) is 0 Å². The van der Waals surface area contributed by atoms with Gasteiger partial charge >= 0.3 is 0 Å². The van der Waals surface area contributed by atoms with Crippen molar-refractivity contribution in [3.63, 3.8) is 0 Å². The summed E-state index contributed by atoms with van der Waals surface area (Å²) in [6, 6.07) is 15.2. The van der Waals surface area contributed by atoms with Gasteiger partial charge in [-0.25, -0.2) is 0 Å². The van der Waals surface area contributed by atoms with E-state index in [-0.39, 0.29) is 0 Å². The zero-order chi connectivity index (χ0) is 16.8. The van der Waals surface area contributed by atoms with Crippen molar-refractivity contribution in [3.05, 3.63) is 54.2 Å². The predicted molar refractivity (Wildman–Crippen MR) is 97.8 cm³/mol. The second kappa shape index (κ2) is 7.94. The Hall–Kier alpha value is -2.38. The molecule has 0 spiro atoms. The lowest BCUT2D eigenvalue weighted by molar-refractivity contribution is 0.254. The van der Waals surface area contributed by atoms with E-state index in [1.807, 2.05) is 42.5 Å². The van der Waals surface area contributed by atoms with Crippen molar-refractivity contribution in [2.45, 2.75) is 31.3 Å². The van der Waals surface area contributed by atoms with Gasteiger partial charge in [0.15, 0.2) is 5.82 Å². The number of likely N-dealkylation sites (N-methyl/N-ethyl adjacent to an activating group) is 1. The highest BCUT2D eigenvalue weighted by molar-refractivity contribution is 5.54. The minimum atomic E-state index is 0.630. The lowest BCUT2D eigenvalue weighted by Gasteiger charge is -2.26. The van der Waals surface area contributed by atoms with E-state index < -0.39 is 0 Å². The van der Waals surface area contributed by atoms with Crippen LogP contribution < -0.4 is 4.90 Å². The first-order valence-electron chi connectivity index (χ1n) is 8.55. The summed E-state index contributed by atoms with van der Waals surface area (Å²) in [6.45, 7) is 2.04. The smallest absolute Gasteiger partial charge is 0.167 e. The summed E-state index contributed by atoms with van der Waals surface area (Å²) in [5.41, 5.74) is 0.852. The zero-order valence-electron chi connectivity index (χ0n) is 14.2. The Bertz CT molecular complexity index is 653. The van der Waals surface area contributed by atoms with Crippen LogP contribution in [-0.4, -0.2) is 47.3 Å². The first kappa shape index (κ1) is 16.5. The highest BCUT2D eigenvalue weighted by Crippen LogP contribution is 2.30. The number of rotatable bonds is 1. The number of terminal acetylenes is 1. The molecule has 24 heavy (non-hydrogen) atoms. The first-order chi connectivity index (χ1) is 11.8. The van der Waals surface area contributed by atoms with Crippen molar-refractivity contribution in [2.75, 3.05) is 25.0 Å². The van der Waals surface area contributed by atoms with E-state index in [0.29, 0.717) is 6.04 Å². The van der Waals surface area contributed by atoms with Crippen LogP contribution in [0.1, 0.15) is 24.8 Å². The molecule has 2 bridgehead atoms. The van der Waals surface area contributed by atoms with Crippen molar-refractivity contribution < 1.29 is 0 Å². The summed E-state index contributed by atoms with van der Waals surface area (Å²) in [5, 5.41) is 8.22. The first-order valence-corrected chi connectivity index (χ1v) is 8.55. The number of hydrogen-bond donors (Lipinski definition) is 0. The normalized spacial score (nSPS) is 22.9. The zero-order valence-corrected chi connectivity index (χ0v) is 14.2. The van der Waals surface area contributed by atoms with E-state index >= 15 is 0 Å². The van der Waals surface area contributed by atoms with Gasteiger partial charge in [0.1, 0.15) is 0 Å². The third-order valence-corrected chi connectivity index (χ3v) is 4.97. The maximum atomic E-state index is 5.54. The van der Waals surface area contributed by atoms with E-state index in [1.54, 1.807) is 6.20 Å². The Morgan fingerprint density at radius 2 is 1.71 bits per heavy atom. The molecule has 2 aliphatic rings. The summed E-state index contributed by atoms with van der Waals surface area (Å²) in [4.78, 5) is 4.83. The number of aromatic nitrogens is 2. The van der Waals surface area contributed by atoms with Crippen LogP contribution in [0.15, 0.2) is 48.7 Å². The highest BCUT2D eigenvalue weighted by Gasteiger charge is 2.35. The molecule has 0 radical (unpaired) electrons. The van der Waals surface area contributed by atoms with E-state index in [0.717, 1.165) is 30.5 Å². The molecule has 2 saturated heterocycles. The molecule has 0 N–H and O–H groups in total. The van der Waals surface area contributed by atoms with Crippen LogP contribution in [0.5, 0.6) is 0 Å². The molecule has 4 rings (SSSR count). The summed E-state index contributed by atoms with van der Waals surface area (Å²) in [7, 11) is 2.24. The highest BCUT2D eigenvalue weighted by atomic mass is 15.3. The molecular formula is C20H24N4. The molecule has 3 heterocycles. The molecule has 2 aromatic rings. The van der Waals surface area contributed by atoms with Crippen LogP contribution >= 0.6 is 0 Å². The van der Waals surface area contributed by atoms with Gasteiger partial charge in [0, 0.05) is 25.2 Å². The number of anilines is 1. The van der Waals surface area contributed by atoms with Gasteiger partial charge in [-0.3, -0.25) is 4.90 Å². The quantitative estimate of drug-likeness (QED) is 0.756. The molecule has 2 aliphatic heterocycles. The second-order valence-electron chi connectivity index (χ2n) is 6.35. The Labute approximate surface area is 144 Å². The van der Waals surface area contributed by atoms with Crippen molar-refractivity contribution in [1.82, 2.24) is 15.1 Å². The lowest BCUT2D eigenvalue weighted by Crippen LogP contribution is -2.37. The fourth-order valence-electron chi connectivity index (χ4n) is 3.56. The maximum absolute atomic E-state index is 5.54. The number of hydrogen-bond acceptors (Lipinski definition) is 4. The third kappa shape index (κ3) is 3.74. The van der Waals surface area contributed by atoms with Crippen molar-refractivity contribution in [1.29, 1.82) is 0 Å². The fourth-order valence-corrected chi connectivity index (χ4v) is 3.56. The molecule has 0 aliphatic carbocycles. The van der Waals surface area contributed by atoms with Crippen LogP contribution in [-0.2, 0) is 0 Å². The minimum Gasteiger partial charge on any atom is -0.352 e. The summed E-state index contributed by atoms with van der Waals surface area (Å²) >= 11 is 0. The van der Waals surface area contributed by atoms with Gasteiger partial charge in [-0.05, 0) is 32.4 Å². The van der Waals surface area contributed by atoms with Crippen molar-refractivity contribution in [3.8, 4) is 12.3 Å². The van der Waals surface area contributed by atoms with Crippen LogP contribution in [0.3, 0.4) is 0 Å². The summed E-state index contributed by atoms with van der Waals surface area (Å²) < 4.78 is 0. The molecule has 4 nitrogen and oxygen atoms in total. The molecule has 1 aromatic carbocycles. The number of benzene rings is 1. The van der Waals surface area contributed by atoms with Gasteiger partial charge in [-0.1, -0.05) is 42.3 Å². The molecule has 4 heteroatoms. The number of nitrogens with zero attached hydrogens (tertiary/aromatic N) is 4. The topological polar surface area (TPSA) is 32.3 Å². The van der Waals surface area contributed by atoms with E-state index in [2.05, 4.69) is 33.0 Å². The average Bonchev–Trinajstić information content (AvgIpc) is 2.89. The van der Waals surface area contributed by atoms with Crippen molar-refractivity contribution in [2.24, 2.45) is 0 Å². The fraction of sp³-hybridized carbons (Fsp3) is 0.400. The van der Waals surface area contributed by atoms with Gasteiger partial charge in [0.2, 0.25) is 0 Å². The lowest BCUT2D eigenvalue weighted by atomic mass is 10.1. The molecule has 2 atom stereocenters. The van der Waals surface area contributed by atoms with E-state index in [4.69, 9.17) is 6.42 Å². The monoisotopic (exact) mass is 320 g/mol. The Balaban J connectivity index is 0.000000238. The SMILES string of the molecule is C#Cc1ccnnc1N1CCC2CCC(C1)N2C.c1ccccc1. The Morgan fingerprint density at radius 3 is 2.38 bits per heavy atom. The largest absolute Gasteiger partial charge is 0.352 e. The van der Waals surface area contributed by atoms with Gasteiger partial charge in [0.05, 0.1) is 11.8 Å². The molecule has 2 unspecified atom stereocenters. The Morgan fingerprint density at radius 1 is 1.04 bits per heavy atom. The molecule has 124 valence electrons. The standard InChI is InChI=1S/C14H18N4.C6H6/c1-3-11-6-8-15-16-14(11)18-9-7-12-4-5-13(10-18)17(12)2;1-2-4-6-5-3-1/h1,6,8,12-13H,4-5,7,9-10H2,2H3;1-6H. The van der Waals surface area contributed by atoms with Crippen LogP contribution in [0.4, 0.5) is 5.82 Å². The maximum Gasteiger partial charge on any atom is 0.167 e. The van der Waals surface area contributed by atoms with E-state index in [1.165, 1.54) is 19.3 Å².